The number of hydrogen-bond donors (Lipinski definition) is 4. The lowest BCUT2D eigenvalue weighted by Crippen LogP contribution is -2.30. The molecule has 0 aliphatic carbocycles. The van der Waals surface area contributed by atoms with E-state index < -0.39 is 27.1 Å². The van der Waals surface area contributed by atoms with Gasteiger partial charge in [-0.2, -0.15) is 0 Å². The van der Waals surface area contributed by atoms with E-state index in [0.717, 1.165) is 5.56 Å². The van der Waals surface area contributed by atoms with Gasteiger partial charge in [-0.15, -0.1) is 11.8 Å². The van der Waals surface area contributed by atoms with Crippen LogP contribution in [-0.4, -0.2) is 31.4 Å². The van der Waals surface area contributed by atoms with Crippen molar-refractivity contribution in [1.29, 1.82) is 0 Å². The second kappa shape index (κ2) is 16.6. The second-order valence-electron chi connectivity index (χ2n) is 11.0. The van der Waals surface area contributed by atoms with Crippen LogP contribution < -0.4 is 25.8 Å². The zero-order chi connectivity index (χ0) is 35.5. The van der Waals surface area contributed by atoms with Crippen LogP contribution in [0.1, 0.15) is 28.4 Å². The standard InChI is InChI=1S/C38H34N4O6S2/c1-26(36(43)40-30-17-21-34(22-18-30)50(39,46)47)49-33-14-8-13-31(24-33)41-38(45)35(42-37(44)29-11-6-3-7-12-29)23-27-15-19-32(20-16-27)48-25-28-9-4-2-5-10-28/h2-24,26H,25H2,1H3,(H,40,43)(H,41,45)(H,42,44)(H2,39,46,47)/b35-23-. The van der Waals surface area contributed by atoms with E-state index in [-0.39, 0.29) is 16.5 Å². The quantitative estimate of drug-likeness (QED) is 0.0811. The third-order valence-corrected chi connectivity index (χ3v) is 9.22. The van der Waals surface area contributed by atoms with Crippen LogP contribution in [0.2, 0.25) is 0 Å². The summed E-state index contributed by atoms with van der Waals surface area (Å²) in [7, 11) is -3.85. The Bertz CT molecular complexity index is 2090. The molecule has 0 aromatic heterocycles. The maximum atomic E-state index is 13.6. The number of ether oxygens (including phenoxy) is 1. The van der Waals surface area contributed by atoms with E-state index in [1.54, 1.807) is 91.9 Å². The molecule has 3 amide bonds. The summed E-state index contributed by atoms with van der Waals surface area (Å²) < 4.78 is 28.9. The van der Waals surface area contributed by atoms with Gasteiger partial charge in [-0.05, 0) is 90.9 Å². The minimum absolute atomic E-state index is 0.0241. The van der Waals surface area contributed by atoms with Gasteiger partial charge >= 0.3 is 0 Å². The van der Waals surface area contributed by atoms with Crippen LogP contribution >= 0.6 is 11.8 Å². The number of benzene rings is 5. The molecule has 254 valence electrons. The van der Waals surface area contributed by atoms with E-state index in [4.69, 9.17) is 9.88 Å². The van der Waals surface area contributed by atoms with Gasteiger partial charge in [0.15, 0.2) is 0 Å². The minimum atomic E-state index is -3.85. The summed E-state index contributed by atoms with van der Waals surface area (Å²) in [5.41, 5.74) is 2.99. The molecule has 0 bridgehead atoms. The molecule has 10 nitrogen and oxygen atoms in total. The molecular formula is C38H34N4O6S2. The molecule has 0 radical (unpaired) electrons. The predicted octanol–water partition coefficient (Wildman–Crippen LogP) is 6.44. The van der Waals surface area contributed by atoms with E-state index in [1.165, 1.54) is 36.0 Å². The van der Waals surface area contributed by atoms with Crippen LogP contribution in [0.3, 0.4) is 0 Å². The molecule has 1 unspecified atom stereocenters. The first-order valence-corrected chi connectivity index (χ1v) is 17.8. The van der Waals surface area contributed by atoms with Gasteiger partial charge in [0.25, 0.3) is 11.8 Å². The fraction of sp³-hybridized carbons (Fsp3) is 0.0789. The molecule has 0 spiro atoms. The summed E-state index contributed by atoms with van der Waals surface area (Å²) in [5, 5.41) is 12.9. The summed E-state index contributed by atoms with van der Waals surface area (Å²) in [5.74, 6) is -0.645. The van der Waals surface area contributed by atoms with Gasteiger partial charge in [0.2, 0.25) is 15.9 Å². The van der Waals surface area contributed by atoms with Crippen LogP contribution in [0.25, 0.3) is 6.08 Å². The smallest absolute Gasteiger partial charge is 0.272 e. The first-order valence-electron chi connectivity index (χ1n) is 15.4. The van der Waals surface area contributed by atoms with Crippen molar-refractivity contribution >= 4 is 57.0 Å². The summed E-state index contributed by atoms with van der Waals surface area (Å²) in [6.07, 6.45) is 1.58. The highest BCUT2D eigenvalue weighted by molar-refractivity contribution is 8.00. The summed E-state index contributed by atoms with van der Waals surface area (Å²) in [6, 6.07) is 38.1. The highest BCUT2D eigenvalue weighted by Gasteiger charge is 2.18. The number of carbonyl (C=O) groups is 3. The van der Waals surface area contributed by atoms with Crippen LogP contribution in [0.15, 0.2) is 149 Å². The van der Waals surface area contributed by atoms with Crippen molar-refractivity contribution in [3.8, 4) is 5.75 Å². The van der Waals surface area contributed by atoms with E-state index in [2.05, 4.69) is 16.0 Å². The van der Waals surface area contributed by atoms with Gasteiger partial charge in [0.1, 0.15) is 18.1 Å². The van der Waals surface area contributed by atoms with Crippen molar-refractivity contribution in [2.75, 3.05) is 10.6 Å². The Balaban J connectivity index is 1.27. The number of hydrogen-bond acceptors (Lipinski definition) is 7. The van der Waals surface area contributed by atoms with Crippen LogP contribution in [0.5, 0.6) is 5.75 Å². The van der Waals surface area contributed by atoms with Crippen molar-refractivity contribution in [2.45, 2.75) is 28.6 Å². The monoisotopic (exact) mass is 706 g/mol. The summed E-state index contributed by atoms with van der Waals surface area (Å²) in [6.45, 7) is 2.14. The van der Waals surface area contributed by atoms with Crippen molar-refractivity contribution in [2.24, 2.45) is 5.14 Å². The topological polar surface area (TPSA) is 157 Å². The Morgan fingerprint density at radius 1 is 0.780 bits per heavy atom. The van der Waals surface area contributed by atoms with Gasteiger partial charge in [0.05, 0.1) is 10.1 Å². The molecule has 5 rings (SSSR count). The number of nitrogens with two attached hydrogens (primary N) is 1. The fourth-order valence-electron chi connectivity index (χ4n) is 4.59. The lowest BCUT2D eigenvalue weighted by molar-refractivity contribution is -0.115. The minimum Gasteiger partial charge on any atom is -0.489 e. The van der Waals surface area contributed by atoms with Gasteiger partial charge in [-0.3, -0.25) is 14.4 Å². The van der Waals surface area contributed by atoms with Crippen LogP contribution in [0, 0.1) is 0 Å². The lowest BCUT2D eigenvalue weighted by atomic mass is 10.1. The molecule has 12 heteroatoms. The highest BCUT2D eigenvalue weighted by atomic mass is 32.2. The maximum Gasteiger partial charge on any atom is 0.272 e. The van der Waals surface area contributed by atoms with Gasteiger partial charge in [0, 0.05) is 21.8 Å². The number of amides is 3. The van der Waals surface area contributed by atoms with Crippen molar-refractivity contribution < 1.29 is 27.5 Å². The highest BCUT2D eigenvalue weighted by Crippen LogP contribution is 2.27. The Kier molecular flexibility index (Phi) is 11.8. The molecule has 0 fully saturated rings. The summed E-state index contributed by atoms with van der Waals surface area (Å²) in [4.78, 5) is 40.2. The van der Waals surface area contributed by atoms with Crippen molar-refractivity contribution in [3.63, 3.8) is 0 Å². The van der Waals surface area contributed by atoms with Crippen LogP contribution in [0.4, 0.5) is 11.4 Å². The van der Waals surface area contributed by atoms with Crippen molar-refractivity contribution in [1.82, 2.24) is 5.32 Å². The number of rotatable bonds is 13. The zero-order valence-corrected chi connectivity index (χ0v) is 28.5. The Hall–Kier alpha value is -5.69. The fourth-order valence-corrected chi connectivity index (χ4v) is 6.03. The number of primary sulfonamides is 1. The molecule has 0 saturated heterocycles. The Labute approximate surface area is 294 Å². The van der Waals surface area contributed by atoms with Crippen LogP contribution in [-0.2, 0) is 26.2 Å². The number of carbonyl (C=O) groups excluding carboxylic acids is 3. The molecule has 0 aliphatic rings. The van der Waals surface area contributed by atoms with Gasteiger partial charge in [-0.25, -0.2) is 13.6 Å². The second-order valence-corrected chi connectivity index (χ2v) is 14.0. The first kappa shape index (κ1) is 35.6. The SMILES string of the molecule is CC(Sc1cccc(NC(=O)/C(=C/c2ccc(OCc3ccccc3)cc2)NC(=O)c2ccccc2)c1)C(=O)Nc1ccc(S(N)(=O)=O)cc1. The third kappa shape index (κ3) is 10.4. The Morgan fingerprint density at radius 2 is 1.44 bits per heavy atom. The molecule has 0 aliphatic heterocycles. The molecule has 1 atom stereocenters. The number of thioether (sulfide) groups is 1. The number of nitrogens with one attached hydrogen (secondary N) is 3. The molecule has 0 saturated carbocycles. The average Bonchev–Trinajstić information content (AvgIpc) is 3.11. The predicted molar refractivity (Wildman–Crippen MR) is 196 cm³/mol. The molecule has 5 N–H and O–H groups in total. The van der Waals surface area contributed by atoms with Gasteiger partial charge in [-0.1, -0.05) is 66.7 Å². The summed E-state index contributed by atoms with van der Waals surface area (Å²) >= 11 is 1.27. The van der Waals surface area contributed by atoms with E-state index >= 15 is 0 Å². The number of sulfonamides is 1. The first-order chi connectivity index (χ1) is 24.0. The van der Waals surface area contributed by atoms with E-state index in [0.29, 0.717) is 39.8 Å². The molecule has 5 aromatic rings. The molecular weight excluding hydrogens is 673 g/mol. The lowest BCUT2D eigenvalue weighted by Gasteiger charge is -2.14. The molecule has 0 heterocycles. The zero-order valence-electron chi connectivity index (χ0n) is 26.9. The third-order valence-electron chi connectivity index (χ3n) is 7.19. The van der Waals surface area contributed by atoms with E-state index in [1.807, 2.05) is 30.3 Å². The molecule has 50 heavy (non-hydrogen) atoms. The van der Waals surface area contributed by atoms with Gasteiger partial charge < -0.3 is 20.7 Å². The number of anilines is 2. The van der Waals surface area contributed by atoms with Crippen molar-refractivity contribution in [3.05, 3.63) is 156 Å². The Morgan fingerprint density at radius 3 is 2.10 bits per heavy atom. The molecule has 5 aromatic carbocycles. The normalized spacial score (nSPS) is 12.0. The largest absolute Gasteiger partial charge is 0.489 e. The average molecular weight is 707 g/mol. The maximum absolute atomic E-state index is 13.6. The van der Waals surface area contributed by atoms with E-state index in [9.17, 15) is 22.8 Å².